The van der Waals surface area contributed by atoms with E-state index in [-0.39, 0.29) is 23.7 Å². The van der Waals surface area contributed by atoms with E-state index in [4.69, 9.17) is 23.2 Å². The van der Waals surface area contributed by atoms with Crippen LogP contribution in [-0.4, -0.2) is 53.7 Å². The molecule has 2 saturated heterocycles. The van der Waals surface area contributed by atoms with Crippen molar-refractivity contribution >= 4 is 34.9 Å². The molecule has 0 N–H and O–H groups in total. The van der Waals surface area contributed by atoms with Gasteiger partial charge in [-0.3, -0.25) is 14.5 Å². The second-order valence-electron chi connectivity index (χ2n) is 7.64. The van der Waals surface area contributed by atoms with E-state index in [1.54, 1.807) is 18.2 Å². The Bertz CT molecular complexity index is 685. The maximum absolute atomic E-state index is 13.0. The summed E-state index contributed by atoms with van der Waals surface area (Å²) in [6, 6.07) is 5.08. The lowest BCUT2D eigenvalue weighted by Crippen LogP contribution is -2.53. The molecule has 1 atom stereocenters. The molecule has 1 amide bonds. The van der Waals surface area contributed by atoms with Crippen LogP contribution in [0, 0.1) is 5.92 Å². The number of benzene rings is 1. The second kappa shape index (κ2) is 9.40. The van der Waals surface area contributed by atoms with Crippen molar-refractivity contribution in [1.82, 2.24) is 9.80 Å². The summed E-state index contributed by atoms with van der Waals surface area (Å²) >= 11 is 12.0. The molecule has 0 saturated carbocycles. The fourth-order valence-corrected chi connectivity index (χ4v) is 4.58. The molecule has 2 aliphatic rings. The summed E-state index contributed by atoms with van der Waals surface area (Å²) in [5.74, 6) is 0.305. The molecule has 3 rings (SSSR count). The highest BCUT2D eigenvalue weighted by atomic mass is 35.5. The average Bonchev–Trinajstić information content (AvgIpc) is 2.70. The number of rotatable bonds is 5. The number of ketones is 1. The molecular formula is C21H28Cl2N2O2. The third-order valence-corrected chi connectivity index (χ3v) is 6.53. The maximum atomic E-state index is 13.0. The van der Waals surface area contributed by atoms with Gasteiger partial charge in [0.15, 0.2) is 5.78 Å². The molecule has 0 aliphatic carbocycles. The Kier molecular flexibility index (Phi) is 7.18. The van der Waals surface area contributed by atoms with Crippen LogP contribution in [0.1, 0.15) is 55.8 Å². The zero-order valence-electron chi connectivity index (χ0n) is 15.9. The Morgan fingerprint density at radius 1 is 1.04 bits per heavy atom. The monoisotopic (exact) mass is 410 g/mol. The Morgan fingerprint density at radius 2 is 1.78 bits per heavy atom. The van der Waals surface area contributed by atoms with E-state index < -0.39 is 0 Å². The van der Waals surface area contributed by atoms with Crippen molar-refractivity contribution < 1.29 is 9.59 Å². The quantitative estimate of drug-likeness (QED) is 0.661. The van der Waals surface area contributed by atoms with Crippen LogP contribution >= 0.6 is 23.2 Å². The van der Waals surface area contributed by atoms with E-state index in [0.29, 0.717) is 41.5 Å². The van der Waals surface area contributed by atoms with Gasteiger partial charge in [-0.1, -0.05) is 36.5 Å². The van der Waals surface area contributed by atoms with Crippen molar-refractivity contribution in [3.8, 4) is 0 Å². The van der Waals surface area contributed by atoms with E-state index >= 15 is 0 Å². The van der Waals surface area contributed by atoms with E-state index in [1.807, 2.05) is 4.90 Å². The fraction of sp³-hybridized carbons (Fsp3) is 0.619. The highest BCUT2D eigenvalue weighted by molar-refractivity contribution is 6.42. The number of Topliss-reactive ketones (excluding diaryl/α,β-unsaturated/α-hetero) is 1. The van der Waals surface area contributed by atoms with E-state index in [1.165, 1.54) is 6.42 Å². The van der Waals surface area contributed by atoms with E-state index in [2.05, 4.69) is 11.8 Å². The summed E-state index contributed by atoms with van der Waals surface area (Å²) in [7, 11) is 0. The number of carbonyl (C=O) groups excluding carboxylic acids is 2. The number of nitrogens with zero attached hydrogens (tertiary/aromatic N) is 2. The van der Waals surface area contributed by atoms with Crippen LogP contribution < -0.4 is 0 Å². The topological polar surface area (TPSA) is 40.6 Å². The predicted octanol–water partition coefficient (Wildman–Crippen LogP) is 4.68. The zero-order valence-corrected chi connectivity index (χ0v) is 17.4. The summed E-state index contributed by atoms with van der Waals surface area (Å²) in [5.41, 5.74) is 0.607. The highest BCUT2D eigenvalue weighted by Gasteiger charge is 2.34. The Morgan fingerprint density at radius 3 is 2.44 bits per heavy atom. The molecule has 0 radical (unpaired) electrons. The van der Waals surface area contributed by atoms with Gasteiger partial charge in [0.05, 0.1) is 16.1 Å². The third kappa shape index (κ3) is 4.85. The van der Waals surface area contributed by atoms with Crippen LogP contribution in [0.15, 0.2) is 18.2 Å². The van der Waals surface area contributed by atoms with Crippen molar-refractivity contribution in [3.63, 3.8) is 0 Å². The minimum Gasteiger partial charge on any atom is -0.341 e. The second-order valence-corrected chi connectivity index (χ2v) is 8.45. The van der Waals surface area contributed by atoms with Gasteiger partial charge in [0.1, 0.15) is 0 Å². The molecule has 1 aromatic carbocycles. The lowest BCUT2D eigenvalue weighted by molar-refractivity contribution is -0.139. The first-order valence-electron chi connectivity index (χ1n) is 10.0. The number of likely N-dealkylation sites (tertiary alicyclic amines) is 2. The highest BCUT2D eigenvalue weighted by Crippen LogP contribution is 2.28. The SMILES string of the molecule is CCCN1CCCCC1C(=O)N1CCC(C(=O)c2ccc(Cl)c(Cl)c2)CC1. The first-order chi connectivity index (χ1) is 13.0. The van der Waals surface area contributed by atoms with Gasteiger partial charge in [-0.2, -0.15) is 0 Å². The third-order valence-electron chi connectivity index (χ3n) is 5.79. The molecule has 2 heterocycles. The summed E-state index contributed by atoms with van der Waals surface area (Å²) < 4.78 is 0. The van der Waals surface area contributed by atoms with Crippen molar-refractivity contribution in [3.05, 3.63) is 33.8 Å². The largest absolute Gasteiger partial charge is 0.341 e. The smallest absolute Gasteiger partial charge is 0.239 e. The normalized spacial score (nSPS) is 22.0. The summed E-state index contributed by atoms with van der Waals surface area (Å²) in [4.78, 5) is 30.1. The van der Waals surface area contributed by atoms with Crippen molar-refractivity contribution in [2.24, 2.45) is 5.92 Å². The average molecular weight is 411 g/mol. The predicted molar refractivity (Wildman–Crippen MR) is 110 cm³/mol. The molecule has 0 bridgehead atoms. The van der Waals surface area contributed by atoms with Gasteiger partial charge < -0.3 is 4.90 Å². The fourth-order valence-electron chi connectivity index (χ4n) is 4.28. The van der Waals surface area contributed by atoms with Crippen molar-refractivity contribution in [2.75, 3.05) is 26.2 Å². The van der Waals surface area contributed by atoms with Gasteiger partial charge >= 0.3 is 0 Å². The number of halogens is 2. The lowest BCUT2D eigenvalue weighted by Gasteiger charge is -2.39. The summed E-state index contributed by atoms with van der Waals surface area (Å²) in [6.45, 7) is 5.50. The first kappa shape index (κ1) is 20.6. The Hall–Kier alpha value is -1.10. The number of hydrogen-bond acceptors (Lipinski definition) is 3. The van der Waals surface area contributed by atoms with Gasteiger partial charge in [0, 0.05) is 24.6 Å². The van der Waals surface area contributed by atoms with Gasteiger partial charge in [-0.05, 0) is 63.4 Å². The van der Waals surface area contributed by atoms with Gasteiger partial charge in [0.2, 0.25) is 5.91 Å². The number of carbonyl (C=O) groups is 2. The van der Waals surface area contributed by atoms with Gasteiger partial charge in [0.25, 0.3) is 0 Å². The van der Waals surface area contributed by atoms with Crippen LogP contribution in [-0.2, 0) is 4.79 Å². The van der Waals surface area contributed by atoms with Gasteiger partial charge in [-0.25, -0.2) is 0 Å². The first-order valence-corrected chi connectivity index (χ1v) is 10.8. The van der Waals surface area contributed by atoms with Crippen LogP contribution in [0.4, 0.5) is 0 Å². The molecule has 0 spiro atoms. The molecule has 6 heteroatoms. The molecule has 27 heavy (non-hydrogen) atoms. The summed E-state index contributed by atoms with van der Waals surface area (Å²) in [6.07, 6.45) is 5.77. The molecule has 148 valence electrons. The number of amides is 1. The maximum Gasteiger partial charge on any atom is 0.239 e. The molecule has 2 aliphatic heterocycles. The Balaban J connectivity index is 1.58. The van der Waals surface area contributed by atoms with Crippen LogP contribution in [0.5, 0.6) is 0 Å². The Labute approximate surface area is 171 Å². The van der Waals surface area contributed by atoms with Gasteiger partial charge in [-0.15, -0.1) is 0 Å². The van der Waals surface area contributed by atoms with Crippen molar-refractivity contribution in [1.29, 1.82) is 0 Å². The minimum absolute atomic E-state index is 0.0287. The van der Waals surface area contributed by atoms with E-state index in [9.17, 15) is 9.59 Å². The zero-order chi connectivity index (χ0) is 19.4. The van der Waals surface area contributed by atoms with Crippen molar-refractivity contribution in [2.45, 2.75) is 51.5 Å². The van der Waals surface area contributed by atoms with Crippen LogP contribution in [0.25, 0.3) is 0 Å². The minimum atomic E-state index is -0.0515. The number of piperidine rings is 2. The van der Waals surface area contributed by atoms with Crippen LogP contribution in [0.2, 0.25) is 10.0 Å². The molecular weight excluding hydrogens is 383 g/mol. The summed E-state index contributed by atoms with van der Waals surface area (Å²) in [5, 5.41) is 0.862. The number of hydrogen-bond donors (Lipinski definition) is 0. The van der Waals surface area contributed by atoms with Crippen LogP contribution in [0.3, 0.4) is 0 Å². The molecule has 2 fully saturated rings. The molecule has 1 aromatic rings. The molecule has 4 nitrogen and oxygen atoms in total. The molecule has 1 unspecified atom stereocenters. The standard InChI is InChI=1S/C21H28Cl2N2O2/c1-2-10-24-11-4-3-5-19(24)21(27)25-12-8-15(9-13-25)20(26)16-6-7-17(22)18(23)14-16/h6-7,14-15,19H,2-5,8-13H2,1H3. The van der Waals surface area contributed by atoms with E-state index in [0.717, 1.165) is 32.4 Å². The lowest BCUT2D eigenvalue weighted by atomic mass is 9.88. The molecule has 0 aromatic heterocycles.